The third kappa shape index (κ3) is 7.34. The molecule has 0 fully saturated rings. The summed E-state index contributed by atoms with van der Waals surface area (Å²) < 4.78 is 17.7. The van der Waals surface area contributed by atoms with E-state index in [9.17, 15) is 0 Å². The molecule has 0 unspecified atom stereocenters. The molecular weight excluding hydrogens is 375 g/mol. The fraction of sp³-hybridized carbons (Fsp3) is 0.333. The zero-order valence-electron chi connectivity index (χ0n) is 14.2. The molecule has 0 spiro atoms. The highest BCUT2D eigenvalue weighted by Gasteiger charge is 2.25. The van der Waals surface area contributed by atoms with Crippen molar-refractivity contribution in [2.45, 2.75) is 40.2 Å². The summed E-state index contributed by atoms with van der Waals surface area (Å²) >= 11 is 0. The molecule has 0 radical (unpaired) electrons. The maximum atomic E-state index is 5.93. The average molecular weight is 399 g/mol. The minimum atomic E-state index is -1.52. The lowest BCUT2D eigenvalue weighted by Crippen LogP contribution is -2.18. The van der Waals surface area contributed by atoms with Gasteiger partial charge in [0.2, 0.25) is 0 Å². The first-order chi connectivity index (χ1) is 10.3. The lowest BCUT2D eigenvalue weighted by Gasteiger charge is -2.25. The molecule has 126 valence electrons. The molecule has 0 N–H and O–H groups in total. The van der Waals surface area contributed by atoms with Gasteiger partial charge in [0.25, 0.3) is 0 Å². The summed E-state index contributed by atoms with van der Waals surface area (Å²) in [4.78, 5) is 0. The van der Waals surface area contributed by atoms with Crippen LogP contribution in [0.5, 0.6) is 11.5 Å². The maximum Gasteiger partial charge on any atom is 0.463 e. The quantitative estimate of drug-likeness (QED) is 0.546. The van der Waals surface area contributed by atoms with Crippen molar-refractivity contribution in [2.24, 2.45) is 0 Å². The molecule has 0 saturated heterocycles. The van der Waals surface area contributed by atoms with E-state index in [0.29, 0.717) is 0 Å². The van der Waals surface area contributed by atoms with Gasteiger partial charge in [-0.15, -0.1) is 17.0 Å². The minimum Gasteiger partial charge on any atom is -0.418 e. The van der Waals surface area contributed by atoms with Gasteiger partial charge in [0.1, 0.15) is 11.5 Å². The zero-order chi connectivity index (χ0) is 16.2. The minimum absolute atomic E-state index is 0. The van der Waals surface area contributed by atoms with Crippen LogP contribution >= 0.6 is 25.6 Å². The largest absolute Gasteiger partial charge is 0.463 e. The van der Waals surface area contributed by atoms with Crippen molar-refractivity contribution in [3.63, 3.8) is 0 Å². The Balaban J connectivity index is 0.00000264. The Morgan fingerprint density at radius 3 is 1.35 bits per heavy atom. The number of halogens is 1. The molecule has 0 bridgehead atoms. The molecule has 0 atom stereocenters. The molecule has 0 heterocycles. The standard InChI is InChI=1S/C18H23O3P.BrH/c1-14-6-10-16(11-7-14)19-22(21-18(3,4)5)20-17-12-8-15(2)9-13-17;/h6-13H,1-5H3;1H. The third-order valence-corrected chi connectivity index (χ3v) is 4.17. The van der Waals surface area contributed by atoms with E-state index >= 15 is 0 Å². The first-order valence-electron chi connectivity index (χ1n) is 7.30. The second-order valence-electron chi connectivity index (χ2n) is 6.24. The van der Waals surface area contributed by atoms with Crippen molar-refractivity contribution < 1.29 is 13.6 Å². The Kier molecular flexibility index (Phi) is 7.53. The second kappa shape index (κ2) is 8.68. The van der Waals surface area contributed by atoms with Crippen LogP contribution in [0, 0.1) is 13.8 Å². The van der Waals surface area contributed by atoms with Crippen LogP contribution in [0.4, 0.5) is 0 Å². The van der Waals surface area contributed by atoms with Gasteiger partial charge in [-0.3, -0.25) is 4.52 Å². The predicted molar refractivity (Wildman–Crippen MR) is 102 cm³/mol. The Hall–Kier alpha value is -1.09. The van der Waals surface area contributed by atoms with Crippen molar-refractivity contribution in [3.8, 4) is 11.5 Å². The van der Waals surface area contributed by atoms with Crippen molar-refractivity contribution in [2.75, 3.05) is 0 Å². The maximum absolute atomic E-state index is 5.93. The van der Waals surface area contributed by atoms with Crippen LogP contribution in [0.2, 0.25) is 0 Å². The van der Waals surface area contributed by atoms with E-state index in [-0.39, 0.29) is 22.6 Å². The summed E-state index contributed by atoms with van der Waals surface area (Å²) in [5, 5.41) is 0. The van der Waals surface area contributed by atoms with Crippen molar-refractivity contribution in [1.29, 1.82) is 0 Å². The van der Waals surface area contributed by atoms with Gasteiger partial charge in [0, 0.05) is 0 Å². The van der Waals surface area contributed by atoms with E-state index in [4.69, 9.17) is 13.6 Å². The van der Waals surface area contributed by atoms with E-state index in [1.165, 1.54) is 11.1 Å². The van der Waals surface area contributed by atoms with Crippen LogP contribution in [0.25, 0.3) is 0 Å². The average Bonchev–Trinajstić information content (AvgIpc) is 2.42. The van der Waals surface area contributed by atoms with E-state index in [1.54, 1.807) is 0 Å². The SMILES string of the molecule is Br.Cc1ccc(OP(Oc2ccc(C)cc2)OC(C)(C)C)cc1. The van der Waals surface area contributed by atoms with Crippen molar-refractivity contribution in [1.82, 2.24) is 0 Å². The lowest BCUT2D eigenvalue weighted by molar-refractivity contribution is 0.115. The summed E-state index contributed by atoms with van der Waals surface area (Å²) in [6, 6.07) is 15.7. The Labute approximate surface area is 150 Å². The number of hydrogen-bond acceptors (Lipinski definition) is 3. The summed E-state index contributed by atoms with van der Waals surface area (Å²) in [6.45, 7) is 10.0. The van der Waals surface area contributed by atoms with Crippen LogP contribution in [-0.2, 0) is 4.52 Å². The topological polar surface area (TPSA) is 27.7 Å². The Morgan fingerprint density at radius 1 is 0.696 bits per heavy atom. The zero-order valence-corrected chi connectivity index (χ0v) is 16.8. The predicted octanol–water partition coefficient (Wildman–Crippen LogP) is 6.38. The van der Waals surface area contributed by atoms with Gasteiger partial charge in [-0.25, -0.2) is 0 Å². The van der Waals surface area contributed by atoms with E-state index in [1.807, 2.05) is 83.1 Å². The molecule has 23 heavy (non-hydrogen) atoms. The first kappa shape index (κ1) is 20.0. The highest BCUT2D eigenvalue weighted by atomic mass is 79.9. The lowest BCUT2D eigenvalue weighted by atomic mass is 10.2. The van der Waals surface area contributed by atoms with Gasteiger partial charge < -0.3 is 9.05 Å². The van der Waals surface area contributed by atoms with Gasteiger partial charge in [-0.1, -0.05) is 35.4 Å². The number of rotatable bonds is 5. The summed E-state index contributed by atoms with van der Waals surface area (Å²) in [6.07, 6.45) is 0. The molecule has 0 aliphatic heterocycles. The molecule has 0 aliphatic rings. The highest BCUT2D eigenvalue weighted by Crippen LogP contribution is 2.44. The second-order valence-corrected chi connectivity index (χ2v) is 7.23. The molecule has 2 aromatic rings. The number of benzene rings is 2. The summed E-state index contributed by atoms with van der Waals surface area (Å²) in [5.41, 5.74) is 2.03. The molecule has 0 amide bonds. The molecule has 0 aliphatic carbocycles. The smallest absolute Gasteiger partial charge is 0.418 e. The van der Waals surface area contributed by atoms with Crippen LogP contribution in [0.15, 0.2) is 48.5 Å². The molecular formula is C18H24BrO3P. The van der Waals surface area contributed by atoms with Crippen LogP contribution in [-0.4, -0.2) is 5.60 Å². The van der Waals surface area contributed by atoms with Gasteiger partial charge in [-0.05, 0) is 58.9 Å². The summed E-state index contributed by atoms with van der Waals surface area (Å²) in [5.74, 6) is 1.49. The number of aryl methyl sites for hydroxylation is 2. The third-order valence-electron chi connectivity index (χ3n) is 2.75. The first-order valence-corrected chi connectivity index (χ1v) is 8.40. The fourth-order valence-corrected chi connectivity index (χ4v) is 2.80. The van der Waals surface area contributed by atoms with Crippen LogP contribution in [0.3, 0.4) is 0 Å². The number of hydrogen-bond donors (Lipinski definition) is 0. The van der Waals surface area contributed by atoms with Gasteiger partial charge in [-0.2, -0.15) is 0 Å². The van der Waals surface area contributed by atoms with E-state index in [0.717, 1.165) is 11.5 Å². The van der Waals surface area contributed by atoms with E-state index < -0.39 is 8.60 Å². The fourth-order valence-electron chi connectivity index (χ4n) is 1.65. The van der Waals surface area contributed by atoms with Crippen LogP contribution < -0.4 is 9.05 Å². The normalized spacial score (nSPS) is 11.0. The molecule has 5 heteroatoms. The van der Waals surface area contributed by atoms with Gasteiger partial charge in [0.15, 0.2) is 0 Å². The highest BCUT2D eigenvalue weighted by molar-refractivity contribution is 8.93. The molecule has 2 rings (SSSR count). The molecule has 0 aromatic heterocycles. The monoisotopic (exact) mass is 398 g/mol. The molecule has 2 aromatic carbocycles. The molecule has 3 nitrogen and oxygen atoms in total. The van der Waals surface area contributed by atoms with E-state index in [2.05, 4.69) is 0 Å². The van der Waals surface area contributed by atoms with Gasteiger partial charge in [0.05, 0.1) is 5.60 Å². The molecule has 0 saturated carbocycles. The Morgan fingerprint density at radius 2 is 1.04 bits per heavy atom. The van der Waals surface area contributed by atoms with Crippen LogP contribution in [0.1, 0.15) is 31.9 Å². The Bertz CT molecular complexity index is 544. The van der Waals surface area contributed by atoms with Crippen molar-refractivity contribution >= 4 is 25.6 Å². The summed E-state index contributed by atoms with van der Waals surface area (Å²) in [7, 11) is -1.52. The van der Waals surface area contributed by atoms with Crippen molar-refractivity contribution in [3.05, 3.63) is 59.7 Å². The van der Waals surface area contributed by atoms with Gasteiger partial charge >= 0.3 is 8.60 Å².